The maximum absolute atomic E-state index is 14.0. The predicted octanol–water partition coefficient (Wildman–Crippen LogP) is 4.54. The molecule has 0 aromatic heterocycles. The van der Waals surface area contributed by atoms with Gasteiger partial charge in [0.1, 0.15) is 12.6 Å². The summed E-state index contributed by atoms with van der Waals surface area (Å²) >= 11 is 0. The maximum atomic E-state index is 14.0. The Morgan fingerprint density at radius 1 is 0.902 bits per heavy atom. The quantitative estimate of drug-likeness (QED) is 0.318. The van der Waals surface area contributed by atoms with Crippen LogP contribution in [0.4, 0.5) is 5.69 Å². The van der Waals surface area contributed by atoms with Gasteiger partial charge in [0.15, 0.2) is 11.5 Å². The van der Waals surface area contributed by atoms with E-state index in [0.29, 0.717) is 11.4 Å². The van der Waals surface area contributed by atoms with Crippen LogP contribution >= 0.6 is 0 Å². The van der Waals surface area contributed by atoms with E-state index in [2.05, 4.69) is 5.32 Å². The number of ether oxygens (including phenoxy) is 2. The van der Waals surface area contributed by atoms with Gasteiger partial charge >= 0.3 is 0 Å². The number of hydrogen-bond acceptors (Lipinski definition) is 6. The molecule has 2 unspecified atom stereocenters. The summed E-state index contributed by atoms with van der Waals surface area (Å²) in [5.41, 5.74) is 2.12. The predicted molar refractivity (Wildman–Crippen MR) is 160 cm³/mol. The number of nitrogens with zero attached hydrogens (tertiary/aromatic N) is 2. The number of benzene rings is 3. The molecule has 41 heavy (non-hydrogen) atoms. The summed E-state index contributed by atoms with van der Waals surface area (Å²) < 4.78 is 39.7. The molecular formula is C31H39N3O6S. The monoisotopic (exact) mass is 581 g/mol. The van der Waals surface area contributed by atoms with Crippen LogP contribution in [0.2, 0.25) is 0 Å². The Kier molecular flexibility index (Phi) is 10.8. The summed E-state index contributed by atoms with van der Waals surface area (Å²) in [6, 6.07) is 19.3. The van der Waals surface area contributed by atoms with Crippen molar-refractivity contribution in [3.05, 3.63) is 83.9 Å². The molecule has 0 fully saturated rings. The second-order valence-electron chi connectivity index (χ2n) is 9.81. The van der Waals surface area contributed by atoms with Crippen molar-refractivity contribution in [3.63, 3.8) is 0 Å². The zero-order valence-electron chi connectivity index (χ0n) is 24.5. The first kappa shape index (κ1) is 31.5. The van der Waals surface area contributed by atoms with Crippen LogP contribution in [0.15, 0.2) is 77.7 Å². The summed E-state index contributed by atoms with van der Waals surface area (Å²) in [5, 5.41) is 2.94. The van der Waals surface area contributed by atoms with Gasteiger partial charge in [-0.25, -0.2) is 8.42 Å². The van der Waals surface area contributed by atoms with Crippen LogP contribution in [0, 0.1) is 6.92 Å². The van der Waals surface area contributed by atoms with Crippen molar-refractivity contribution in [1.82, 2.24) is 10.2 Å². The molecule has 220 valence electrons. The van der Waals surface area contributed by atoms with Crippen LogP contribution in [0.25, 0.3) is 0 Å². The number of para-hydroxylation sites is 1. The van der Waals surface area contributed by atoms with Crippen molar-refractivity contribution in [2.24, 2.45) is 0 Å². The van der Waals surface area contributed by atoms with Gasteiger partial charge in [-0.2, -0.15) is 0 Å². The number of carbonyl (C=O) groups excluding carboxylic acids is 2. The van der Waals surface area contributed by atoms with Gasteiger partial charge in [0.05, 0.1) is 24.8 Å². The van der Waals surface area contributed by atoms with E-state index in [9.17, 15) is 18.0 Å². The third-order valence-corrected chi connectivity index (χ3v) is 8.81. The molecule has 3 aromatic carbocycles. The van der Waals surface area contributed by atoms with Gasteiger partial charge in [-0.15, -0.1) is 0 Å². The van der Waals surface area contributed by atoms with E-state index in [0.717, 1.165) is 21.9 Å². The van der Waals surface area contributed by atoms with Crippen LogP contribution in [-0.2, 0) is 26.2 Å². The highest BCUT2D eigenvalue weighted by molar-refractivity contribution is 7.92. The van der Waals surface area contributed by atoms with Crippen molar-refractivity contribution in [1.29, 1.82) is 0 Å². The highest BCUT2D eigenvalue weighted by atomic mass is 32.2. The van der Waals surface area contributed by atoms with Crippen molar-refractivity contribution in [3.8, 4) is 11.5 Å². The molecule has 3 rings (SSSR count). The van der Waals surface area contributed by atoms with Gasteiger partial charge in [0, 0.05) is 18.7 Å². The molecule has 0 saturated heterocycles. The largest absolute Gasteiger partial charge is 0.493 e. The number of rotatable bonds is 13. The molecule has 0 aliphatic heterocycles. The zero-order valence-corrected chi connectivity index (χ0v) is 25.3. The third-order valence-electron chi connectivity index (χ3n) is 7.04. The molecule has 10 heteroatoms. The van der Waals surface area contributed by atoms with Crippen LogP contribution < -0.4 is 19.1 Å². The molecule has 0 heterocycles. The normalized spacial score (nSPS) is 12.6. The topological polar surface area (TPSA) is 105 Å². The highest BCUT2D eigenvalue weighted by Crippen LogP contribution is 2.32. The second kappa shape index (κ2) is 14.0. The van der Waals surface area contributed by atoms with E-state index in [1.54, 1.807) is 37.3 Å². The molecule has 1 N–H and O–H groups in total. The molecule has 0 saturated carbocycles. The number of hydrogen-bond donors (Lipinski definition) is 1. The highest BCUT2D eigenvalue weighted by Gasteiger charge is 2.33. The average Bonchev–Trinajstić information content (AvgIpc) is 2.98. The summed E-state index contributed by atoms with van der Waals surface area (Å²) in [5.74, 6) is -0.216. The van der Waals surface area contributed by atoms with Crippen LogP contribution in [-0.4, -0.2) is 58.0 Å². The lowest BCUT2D eigenvalue weighted by Gasteiger charge is -2.32. The minimum Gasteiger partial charge on any atom is -0.493 e. The van der Waals surface area contributed by atoms with E-state index < -0.39 is 28.5 Å². The van der Waals surface area contributed by atoms with E-state index >= 15 is 0 Å². The maximum Gasteiger partial charge on any atom is 0.264 e. The Hall–Kier alpha value is -4.05. The van der Waals surface area contributed by atoms with Gasteiger partial charge < -0.3 is 19.7 Å². The minimum absolute atomic E-state index is 0.0696. The Balaban J connectivity index is 2.05. The number of aryl methyl sites for hydroxylation is 1. The average molecular weight is 582 g/mol. The van der Waals surface area contributed by atoms with Gasteiger partial charge in [0.2, 0.25) is 11.8 Å². The summed E-state index contributed by atoms with van der Waals surface area (Å²) in [4.78, 5) is 28.6. The van der Waals surface area contributed by atoms with E-state index in [-0.39, 0.29) is 29.1 Å². The van der Waals surface area contributed by atoms with Crippen LogP contribution in [0.5, 0.6) is 11.5 Å². The fraction of sp³-hybridized carbons (Fsp3) is 0.355. The third kappa shape index (κ3) is 7.58. The van der Waals surface area contributed by atoms with Gasteiger partial charge in [-0.3, -0.25) is 13.9 Å². The molecule has 0 radical (unpaired) electrons. The molecule has 0 bridgehead atoms. The Morgan fingerprint density at radius 2 is 1.54 bits per heavy atom. The summed E-state index contributed by atoms with van der Waals surface area (Å²) in [6.07, 6.45) is 0.732. The van der Waals surface area contributed by atoms with Crippen molar-refractivity contribution in [2.45, 2.75) is 57.6 Å². The zero-order chi connectivity index (χ0) is 30.2. The molecule has 2 amide bonds. The molecule has 2 atom stereocenters. The molecular weight excluding hydrogens is 542 g/mol. The Bertz CT molecular complexity index is 1450. The van der Waals surface area contributed by atoms with E-state index in [1.165, 1.54) is 37.3 Å². The molecule has 9 nitrogen and oxygen atoms in total. The fourth-order valence-corrected chi connectivity index (χ4v) is 5.68. The minimum atomic E-state index is -4.24. The molecule has 0 aliphatic rings. The number of methoxy groups -OCH3 is 2. The first-order valence-electron chi connectivity index (χ1n) is 13.5. The fourth-order valence-electron chi connectivity index (χ4n) is 4.25. The van der Waals surface area contributed by atoms with Crippen LogP contribution in [0.1, 0.15) is 38.3 Å². The first-order valence-corrected chi connectivity index (χ1v) is 14.9. The second-order valence-corrected chi connectivity index (χ2v) is 11.7. The van der Waals surface area contributed by atoms with Crippen LogP contribution in [0.3, 0.4) is 0 Å². The number of amides is 2. The summed E-state index contributed by atoms with van der Waals surface area (Å²) in [7, 11) is -1.36. The van der Waals surface area contributed by atoms with E-state index in [4.69, 9.17) is 9.47 Å². The van der Waals surface area contributed by atoms with Crippen molar-refractivity contribution in [2.75, 3.05) is 25.1 Å². The first-order chi connectivity index (χ1) is 19.5. The Morgan fingerprint density at radius 3 is 2.15 bits per heavy atom. The summed E-state index contributed by atoms with van der Waals surface area (Å²) in [6.45, 7) is 7.06. The van der Waals surface area contributed by atoms with E-state index in [1.807, 2.05) is 45.0 Å². The van der Waals surface area contributed by atoms with Crippen molar-refractivity contribution >= 4 is 27.5 Å². The number of anilines is 1. The number of nitrogens with one attached hydrogen (secondary N) is 1. The number of carbonyl (C=O) groups is 2. The molecule has 3 aromatic rings. The molecule has 0 spiro atoms. The van der Waals surface area contributed by atoms with Crippen molar-refractivity contribution < 1.29 is 27.5 Å². The SMILES string of the molecule is CCC(C)NC(=O)C(C)N(Cc1ccccc1C)C(=O)CN(c1ccccc1)S(=O)(=O)c1ccc(OC)c(OC)c1. The number of sulfonamides is 1. The lowest BCUT2D eigenvalue weighted by molar-refractivity contribution is -0.139. The van der Waals surface area contributed by atoms with Gasteiger partial charge in [-0.1, -0.05) is 49.4 Å². The van der Waals surface area contributed by atoms with Gasteiger partial charge in [-0.05, 0) is 62.6 Å². The van der Waals surface area contributed by atoms with Gasteiger partial charge in [0.25, 0.3) is 10.0 Å². The smallest absolute Gasteiger partial charge is 0.264 e. The lowest BCUT2D eigenvalue weighted by Crippen LogP contribution is -2.52. The standard InChI is InChI=1S/C31H39N3O6S/c1-7-23(3)32-31(36)24(4)33(20-25-14-12-11-13-22(25)2)30(35)21-34(26-15-9-8-10-16-26)41(37,38)27-17-18-28(39-5)29(19-27)40-6/h8-19,23-24H,7,20-21H2,1-6H3,(H,32,36). The molecule has 0 aliphatic carbocycles. The Labute approximate surface area is 243 Å². The lowest BCUT2D eigenvalue weighted by atomic mass is 10.1.